The predicted molar refractivity (Wildman–Crippen MR) is 112 cm³/mol. The molecule has 6 nitrogen and oxygen atoms in total. The predicted octanol–water partition coefficient (Wildman–Crippen LogP) is 2.79. The monoisotopic (exact) mass is 412 g/mol. The average Bonchev–Trinajstić information content (AvgIpc) is 2.62. The lowest BCUT2D eigenvalue weighted by atomic mass is 9.94. The molecule has 1 saturated heterocycles. The molecule has 3 N–H and O–H groups in total. The molecule has 1 aromatic heterocycles. The number of aromatic amines is 1. The molecule has 2 aromatic rings. The minimum Gasteiger partial charge on any atom is -0.338 e. The fourth-order valence-electron chi connectivity index (χ4n) is 3.30. The second-order valence-corrected chi connectivity index (χ2v) is 6.68. The zero-order chi connectivity index (χ0) is 17.8. The molecule has 0 radical (unpaired) electrons. The Kier molecular flexibility index (Phi) is 8.96. The number of H-pyrrole nitrogens is 1. The zero-order valence-corrected chi connectivity index (χ0v) is 16.9. The number of halogens is 2. The standard InChI is InChI=1S/C19H24N4O2.2ClH/c1-13-4-6-15(7-5-13)17-21-11-16(18(24)22-17)19(25)23-10-2-3-14(12-23)8-9-20;;/h4-7,11,14H,2-3,8-10,12,20H2,1H3,(H,21,22,24);2*1H. The molecular weight excluding hydrogens is 387 g/mol. The van der Waals surface area contributed by atoms with Crippen molar-refractivity contribution < 1.29 is 4.79 Å². The highest BCUT2D eigenvalue weighted by Crippen LogP contribution is 2.20. The lowest BCUT2D eigenvalue weighted by Gasteiger charge is -2.32. The molecule has 0 saturated carbocycles. The minimum absolute atomic E-state index is 0. The highest BCUT2D eigenvalue weighted by atomic mass is 35.5. The van der Waals surface area contributed by atoms with Crippen molar-refractivity contribution in [3.63, 3.8) is 0 Å². The number of benzene rings is 1. The summed E-state index contributed by atoms with van der Waals surface area (Å²) in [7, 11) is 0. The van der Waals surface area contributed by atoms with Gasteiger partial charge in [-0.25, -0.2) is 4.98 Å². The number of carbonyl (C=O) groups excluding carboxylic acids is 1. The Hall–Kier alpha value is -1.89. The smallest absolute Gasteiger partial charge is 0.264 e. The van der Waals surface area contributed by atoms with Gasteiger partial charge in [0.2, 0.25) is 0 Å². The Morgan fingerprint density at radius 1 is 1.30 bits per heavy atom. The van der Waals surface area contributed by atoms with Crippen molar-refractivity contribution in [2.75, 3.05) is 19.6 Å². The van der Waals surface area contributed by atoms with Crippen LogP contribution < -0.4 is 11.3 Å². The van der Waals surface area contributed by atoms with Gasteiger partial charge < -0.3 is 15.6 Å². The fourth-order valence-corrected chi connectivity index (χ4v) is 3.30. The van der Waals surface area contributed by atoms with Crippen LogP contribution in [-0.4, -0.2) is 40.4 Å². The van der Waals surface area contributed by atoms with Crippen LogP contribution in [0.1, 0.15) is 35.2 Å². The number of rotatable bonds is 4. The summed E-state index contributed by atoms with van der Waals surface area (Å²) in [6.45, 7) is 3.96. The van der Waals surface area contributed by atoms with Crippen LogP contribution in [0, 0.1) is 12.8 Å². The molecule has 0 spiro atoms. The lowest BCUT2D eigenvalue weighted by Crippen LogP contribution is -2.42. The summed E-state index contributed by atoms with van der Waals surface area (Å²) in [5.74, 6) is 0.647. The zero-order valence-electron chi connectivity index (χ0n) is 15.3. The van der Waals surface area contributed by atoms with E-state index in [4.69, 9.17) is 5.73 Å². The maximum absolute atomic E-state index is 12.7. The number of aryl methyl sites for hydroxylation is 1. The van der Waals surface area contributed by atoms with Crippen molar-refractivity contribution in [1.29, 1.82) is 0 Å². The van der Waals surface area contributed by atoms with Crippen LogP contribution >= 0.6 is 24.8 Å². The maximum atomic E-state index is 12.7. The molecule has 1 aliphatic heterocycles. The number of aromatic nitrogens is 2. The van der Waals surface area contributed by atoms with E-state index in [0.717, 1.165) is 30.4 Å². The van der Waals surface area contributed by atoms with Gasteiger partial charge in [0.25, 0.3) is 11.5 Å². The molecule has 0 aliphatic carbocycles. The number of likely N-dealkylation sites (tertiary alicyclic amines) is 1. The van der Waals surface area contributed by atoms with E-state index in [1.807, 2.05) is 31.2 Å². The Labute approximate surface area is 171 Å². The van der Waals surface area contributed by atoms with Crippen molar-refractivity contribution in [1.82, 2.24) is 14.9 Å². The molecular formula is C19H26Cl2N4O2. The summed E-state index contributed by atoms with van der Waals surface area (Å²) >= 11 is 0. The Morgan fingerprint density at radius 2 is 2.00 bits per heavy atom. The van der Waals surface area contributed by atoms with Gasteiger partial charge in [-0.05, 0) is 38.6 Å². The number of nitrogens with one attached hydrogen (secondary N) is 1. The van der Waals surface area contributed by atoms with Gasteiger partial charge in [0.15, 0.2) is 0 Å². The number of amides is 1. The van der Waals surface area contributed by atoms with E-state index >= 15 is 0 Å². The molecule has 1 amide bonds. The molecule has 8 heteroatoms. The van der Waals surface area contributed by atoms with Crippen LogP contribution in [0.5, 0.6) is 0 Å². The van der Waals surface area contributed by atoms with Gasteiger partial charge in [-0.15, -0.1) is 24.8 Å². The number of nitrogens with zero attached hydrogens (tertiary/aromatic N) is 2. The topological polar surface area (TPSA) is 92.1 Å². The molecule has 1 aliphatic rings. The van der Waals surface area contributed by atoms with Crippen molar-refractivity contribution in [3.8, 4) is 11.4 Å². The Balaban J connectivity index is 0.00000182. The van der Waals surface area contributed by atoms with Gasteiger partial charge in [0, 0.05) is 24.8 Å². The number of hydrogen-bond donors (Lipinski definition) is 2. The first kappa shape index (κ1) is 23.1. The van der Waals surface area contributed by atoms with E-state index in [9.17, 15) is 9.59 Å². The van der Waals surface area contributed by atoms with Crippen LogP contribution in [0.3, 0.4) is 0 Å². The molecule has 1 aromatic carbocycles. The van der Waals surface area contributed by atoms with Crippen molar-refractivity contribution in [2.45, 2.75) is 26.2 Å². The highest BCUT2D eigenvalue weighted by molar-refractivity contribution is 5.93. The van der Waals surface area contributed by atoms with E-state index in [-0.39, 0.29) is 36.3 Å². The maximum Gasteiger partial charge on any atom is 0.264 e. The molecule has 2 heterocycles. The largest absolute Gasteiger partial charge is 0.338 e. The van der Waals surface area contributed by atoms with Gasteiger partial charge in [-0.3, -0.25) is 9.59 Å². The normalized spacial score (nSPS) is 16.2. The SMILES string of the molecule is Cc1ccc(-c2ncc(C(=O)N3CCCC(CCN)C3)c(=O)[nH]2)cc1.Cl.Cl. The third-order valence-corrected chi connectivity index (χ3v) is 4.74. The quantitative estimate of drug-likeness (QED) is 0.806. The minimum atomic E-state index is -0.392. The van der Waals surface area contributed by atoms with E-state index in [1.54, 1.807) is 4.90 Å². The third-order valence-electron chi connectivity index (χ3n) is 4.74. The third kappa shape index (κ3) is 5.54. The molecule has 0 bridgehead atoms. The van der Waals surface area contributed by atoms with Crippen LogP contribution in [0.25, 0.3) is 11.4 Å². The summed E-state index contributed by atoms with van der Waals surface area (Å²) in [4.78, 5) is 33.9. The van der Waals surface area contributed by atoms with E-state index < -0.39 is 5.56 Å². The number of nitrogens with two attached hydrogens (primary N) is 1. The highest BCUT2D eigenvalue weighted by Gasteiger charge is 2.26. The summed E-state index contributed by atoms with van der Waals surface area (Å²) < 4.78 is 0. The summed E-state index contributed by atoms with van der Waals surface area (Å²) in [5.41, 5.74) is 7.29. The fraction of sp³-hybridized carbons (Fsp3) is 0.421. The van der Waals surface area contributed by atoms with Crippen LogP contribution in [0.4, 0.5) is 0 Å². The second kappa shape index (κ2) is 10.4. The Morgan fingerprint density at radius 3 is 2.63 bits per heavy atom. The molecule has 27 heavy (non-hydrogen) atoms. The van der Waals surface area contributed by atoms with E-state index in [2.05, 4.69) is 9.97 Å². The van der Waals surface area contributed by atoms with E-state index in [0.29, 0.717) is 31.4 Å². The summed E-state index contributed by atoms with van der Waals surface area (Å²) in [6, 6.07) is 7.72. The molecule has 1 unspecified atom stereocenters. The van der Waals surface area contributed by atoms with E-state index in [1.165, 1.54) is 6.20 Å². The van der Waals surface area contributed by atoms with Crippen LogP contribution in [0.15, 0.2) is 35.3 Å². The van der Waals surface area contributed by atoms with Crippen molar-refractivity contribution >= 4 is 30.7 Å². The first-order valence-electron chi connectivity index (χ1n) is 8.74. The second-order valence-electron chi connectivity index (χ2n) is 6.68. The first-order valence-corrected chi connectivity index (χ1v) is 8.74. The van der Waals surface area contributed by atoms with Gasteiger partial charge in [0.05, 0.1) is 0 Å². The van der Waals surface area contributed by atoms with Gasteiger partial charge >= 0.3 is 0 Å². The lowest BCUT2D eigenvalue weighted by molar-refractivity contribution is 0.0667. The number of hydrogen-bond acceptors (Lipinski definition) is 4. The molecule has 3 rings (SSSR count). The van der Waals surface area contributed by atoms with Gasteiger partial charge in [-0.1, -0.05) is 29.8 Å². The van der Waals surface area contributed by atoms with Gasteiger partial charge in [0.1, 0.15) is 11.4 Å². The van der Waals surface area contributed by atoms with Crippen molar-refractivity contribution in [3.05, 3.63) is 51.9 Å². The first-order chi connectivity index (χ1) is 12.1. The van der Waals surface area contributed by atoms with Crippen LogP contribution in [-0.2, 0) is 0 Å². The Bertz CT molecular complexity index is 806. The summed E-state index contributed by atoms with van der Waals surface area (Å²) in [5, 5.41) is 0. The van der Waals surface area contributed by atoms with Crippen LogP contribution in [0.2, 0.25) is 0 Å². The molecule has 148 valence electrons. The molecule has 1 atom stereocenters. The van der Waals surface area contributed by atoms with Crippen molar-refractivity contribution in [2.24, 2.45) is 11.7 Å². The average molecular weight is 413 g/mol. The summed E-state index contributed by atoms with van der Waals surface area (Å²) in [6.07, 6.45) is 4.33. The van der Waals surface area contributed by atoms with Gasteiger partial charge in [-0.2, -0.15) is 0 Å². The number of piperidine rings is 1. The number of carbonyl (C=O) groups is 1. The molecule has 1 fully saturated rings.